The molecule has 0 aliphatic carbocycles. The van der Waals surface area contributed by atoms with Crippen molar-refractivity contribution in [2.24, 2.45) is 0 Å². The van der Waals surface area contributed by atoms with Gasteiger partial charge in [0.2, 0.25) is 0 Å². The van der Waals surface area contributed by atoms with Crippen LogP contribution in [-0.2, 0) is 93.1 Å². The van der Waals surface area contributed by atoms with Crippen molar-refractivity contribution in [2.75, 3.05) is 0 Å². The monoisotopic (exact) mass is 448 g/mol. The van der Waals surface area contributed by atoms with Crippen molar-refractivity contribution >= 4 is 0 Å². The molecule has 0 N–H and O–H groups in total. The van der Waals surface area contributed by atoms with Crippen molar-refractivity contribution in [3.05, 3.63) is 0 Å². The molecule has 0 aliphatic rings. The SMILES string of the molecule is [Cr].[Fe].[Mo].[Ni].[W]. The summed E-state index contributed by atoms with van der Waals surface area (Å²) in [5.74, 6) is 0. The maximum absolute atomic E-state index is 0. The van der Waals surface area contributed by atoms with Crippen LogP contribution in [-0.4, -0.2) is 0 Å². The molecule has 36 valence electrons. The first-order valence-electron chi connectivity index (χ1n) is 0. The summed E-state index contributed by atoms with van der Waals surface area (Å²) < 4.78 is 0. The van der Waals surface area contributed by atoms with Gasteiger partial charge >= 0.3 is 0 Å². The third kappa shape index (κ3) is 19.6. The molecule has 0 rings (SSSR count). The van der Waals surface area contributed by atoms with E-state index in [2.05, 4.69) is 0 Å². The average molecular weight is 446 g/mol. The molecule has 0 amide bonds. The van der Waals surface area contributed by atoms with Gasteiger partial charge in [0.25, 0.3) is 0 Å². The van der Waals surface area contributed by atoms with E-state index in [-0.39, 0.29) is 93.1 Å². The summed E-state index contributed by atoms with van der Waals surface area (Å²) in [6.07, 6.45) is 0. The van der Waals surface area contributed by atoms with Crippen molar-refractivity contribution in [1.29, 1.82) is 0 Å². The van der Waals surface area contributed by atoms with Crippen LogP contribution >= 0.6 is 0 Å². The maximum atomic E-state index is 0. The van der Waals surface area contributed by atoms with Crippen LogP contribution in [0, 0.1) is 0 Å². The van der Waals surface area contributed by atoms with E-state index in [1.165, 1.54) is 0 Å². The van der Waals surface area contributed by atoms with Gasteiger partial charge in [0.1, 0.15) is 0 Å². The van der Waals surface area contributed by atoms with E-state index in [9.17, 15) is 0 Å². The van der Waals surface area contributed by atoms with Crippen LogP contribution in [0.2, 0.25) is 0 Å². The van der Waals surface area contributed by atoms with Crippen LogP contribution in [0.3, 0.4) is 0 Å². The Labute approximate surface area is 91.7 Å². The van der Waals surface area contributed by atoms with E-state index in [0.29, 0.717) is 0 Å². The van der Waals surface area contributed by atoms with E-state index in [0.717, 1.165) is 0 Å². The van der Waals surface area contributed by atoms with Crippen LogP contribution in [0.5, 0.6) is 0 Å². The van der Waals surface area contributed by atoms with Gasteiger partial charge in [-0.15, -0.1) is 0 Å². The van der Waals surface area contributed by atoms with Gasteiger partial charge in [0.15, 0.2) is 0 Å². The Kier molecular flexibility index (Phi) is 253. The molecule has 0 aromatic rings. The van der Waals surface area contributed by atoms with Gasteiger partial charge in [0, 0.05) is 93.1 Å². The fourth-order valence-corrected chi connectivity index (χ4v) is 0. The summed E-state index contributed by atoms with van der Waals surface area (Å²) in [5, 5.41) is 0. The summed E-state index contributed by atoms with van der Waals surface area (Å²) in [6, 6.07) is 0. The van der Waals surface area contributed by atoms with Crippen molar-refractivity contribution in [3.8, 4) is 0 Å². The van der Waals surface area contributed by atoms with E-state index < -0.39 is 0 Å². The minimum atomic E-state index is 0. The molecule has 0 aliphatic heterocycles. The van der Waals surface area contributed by atoms with Gasteiger partial charge in [-0.2, -0.15) is 0 Å². The quantitative estimate of drug-likeness (QED) is 0.460. The molecule has 0 fully saturated rings. The van der Waals surface area contributed by atoms with E-state index in [1.54, 1.807) is 0 Å². The molecule has 0 saturated carbocycles. The number of hydrogen-bond acceptors (Lipinski definition) is 0. The summed E-state index contributed by atoms with van der Waals surface area (Å²) in [4.78, 5) is 0. The smallest absolute Gasteiger partial charge is 0 e. The minimum Gasteiger partial charge on any atom is 0 e. The molecule has 0 aromatic carbocycles. The third-order valence-electron chi connectivity index (χ3n) is 0. The van der Waals surface area contributed by atoms with Crippen LogP contribution in [0.1, 0.15) is 0 Å². The second-order valence-corrected chi connectivity index (χ2v) is 0. The molecule has 0 saturated heterocycles. The van der Waals surface area contributed by atoms with Gasteiger partial charge < -0.3 is 0 Å². The van der Waals surface area contributed by atoms with E-state index >= 15 is 0 Å². The molecule has 0 aromatic heterocycles. The van der Waals surface area contributed by atoms with Crippen molar-refractivity contribution in [1.82, 2.24) is 0 Å². The summed E-state index contributed by atoms with van der Waals surface area (Å²) in [7, 11) is 0. The molecule has 5 heteroatoms. The van der Waals surface area contributed by atoms with Gasteiger partial charge in [-0.1, -0.05) is 0 Å². The van der Waals surface area contributed by atoms with Gasteiger partial charge in [-0.05, 0) is 0 Å². The van der Waals surface area contributed by atoms with Crippen LogP contribution in [0.15, 0.2) is 0 Å². The summed E-state index contributed by atoms with van der Waals surface area (Å²) in [5.41, 5.74) is 0. The molecule has 0 radical (unpaired) electrons. The topological polar surface area (TPSA) is 0 Å². The van der Waals surface area contributed by atoms with Crippen LogP contribution in [0.4, 0.5) is 0 Å². The molecule has 0 unspecified atom stereocenters. The number of hydrogen-bond donors (Lipinski definition) is 0. The molecular weight excluding hydrogens is 446 g/mol. The summed E-state index contributed by atoms with van der Waals surface area (Å²) >= 11 is 0. The fourth-order valence-electron chi connectivity index (χ4n) is 0. The Hall–Kier alpha value is 2.92. The molecule has 0 spiro atoms. The van der Waals surface area contributed by atoms with Crippen molar-refractivity contribution in [3.63, 3.8) is 0 Å². The Bertz CT molecular complexity index is 11.6. The predicted octanol–water partition coefficient (Wildman–Crippen LogP) is -0.0125. The molecule has 5 heavy (non-hydrogen) atoms. The van der Waals surface area contributed by atoms with Crippen LogP contribution in [0.25, 0.3) is 0 Å². The molecule has 0 bridgehead atoms. The van der Waals surface area contributed by atoms with Gasteiger partial charge in [-0.3, -0.25) is 0 Å². The Morgan fingerprint density at radius 2 is 1.00 bits per heavy atom. The average Bonchev–Trinajstić information content (AvgIpc) is 0. The summed E-state index contributed by atoms with van der Waals surface area (Å²) in [6.45, 7) is 0. The maximum Gasteiger partial charge on any atom is 0 e. The molecule has 0 nitrogen and oxygen atoms in total. The first kappa shape index (κ1) is 44.5. The van der Waals surface area contributed by atoms with Crippen molar-refractivity contribution in [2.45, 2.75) is 0 Å². The second-order valence-electron chi connectivity index (χ2n) is 0. The van der Waals surface area contributed by atoms with Crippen molar-refractivity contribution < 1.29 is 93.1 Å². The minimum absolute atomic E-state index is 0. The first-order valence-corrected chi connectivity index (χ1v) is 0. The van der Waals surface area contributed by atoms with Gasteiger partial charge in [-0.25, -0.2) is 0 Å². The first-order chi connectivity index (χ1) is 0. The second kappa shape index (κ2) is 28.4. The number of rotatable bonds is 0. The predicted molar refractivity (Wildman–Crippen MR) is 0 cm³/mol. The zero-order valence-electron chi connectivity index (χ0n) is 1.89. The Morgan fingerprint density at radius 3 is 1.00 bits per heavy atom. The standard InChI is InChI=1S/Cr.Fe.Mo.Ni.W. The molecular formula is CrFeMoNiW. The zero-order chi connectivity index (χ0) is 0. The van der Waals surface area contributed by atoms with Gasteiger partial charge in [0.05, 0.1) is 0 Å². The Morgan fingerprint density at radius 1 is 1.00 bits per heavy atom. The van der Waals surface area contributed by atoms with Crippen LogP contribution < -0.4 is 0 Å². The third-order valence-corrected chi connectivity index (χ3v) is 0. The molecule has 0 atom stereocenters. The zero-order valence-corrected chi connectivity index (χ0v) is 10.2. The van der Waals surface area contributed by atoms with E-state index in [1.807, 2.05) is 0 Å². The largest absolute Gasteiger partial charge is 0 e. The normalized spacial score (nSPS) is 0. The van der Waals surface area contributed by atoms with E-state index in [4.69, 9.17) is 0 Å². The Balaban J connectivity index is 0. The fraction of sp³-hybridized carbons (Fsp3) is 0. The molecule has 0 heterocycles.